The Labute approximate surface area is 215 Å². The van der Waals surface area contributed by atoms with Crippen molar-refractivity contribution in [3.05, 3.63) is 52.9 Å². The lowest BCUT2D eigenvalue weighted by Gasteiger charge is -2.43. The second-order valence-electron chi connectivity index (χ2n) is 10.3. The van der Waals surface area contributed by atoms with E-state index in [2.05, 4.69) is 15.1 Å². The predicted octanol–water partition coefficient (Wildman–Crippen LogP) is 4.52. The maximum Gasteiger partial charge on any atom is 0.317 e. The monoisotopic (exact) mass is 508 g/mol. The Morgan fingerprint density at radius 2 is 1.95 bits per heavy atom. The number of aromatic nitrogens is 4. The second-order valence-corrected chi connectivity index (χ2v) is 10.3. The van der Waals surface area contributed by atoms with Gasteiger partial charge in [-0.1, -0.05) is 18.9 Å². The third-order valence-corrected chi connectivity index (χ3v) is 7.73. The molecule has 9 heteroatoms. The van der Waals surface area contributed by atoms with Gasteiger partial charge in [0.05, 0.1) is 6.61 Å². The Morgan fingerprint density at radius 1 is 1.16 bits per heavy atom. The molecule has 2 fully saturated rings. The third-order valence-electron chi connectivity index (χ3n) is 7.73. The molecule has 2 atom stereocenters. The molecule has 0 spiro atoms. The molecule has 3 heterocycles. The number of ether oxygens (including phenoxy) is 2. The molecule has 1 aliphatic carbocycles. The fourth-order valence-electron chi connectivity index (χ4n) is 5.88. The number of ketones is 1. The van der Waals surface area contributed by atoms with Crippen molar-refractivity contribution < 1.29 is 23.5 Å². The van der Waals surface area contributed by atoms with E-state index in [0.29, 0.717) is 31.1 Å². The Balaban J connectivity index is 1.34. The van der Waals surface area contributed by atoms with Crippen LogP contribution in [0.3, 0.4) is 0 Å². The normalized spacial score (nSPS) is 22.5. The molecule has 0 N–H and O–H groups in total. The SMILES string of the molecule is CCOc1ccc(CCC2(C3CCCC3)CC(=O)C(Cc3nc4nc(C)cc(C)n4n3)C(=O)O2)cc1F. The van der Waals surface area contributed by atoms with Crippen molar-refractivity contribution >= 4 is 17.5 Å². The van der Waals surface area contributed by atoms with Crippen LogP contribution in [0.5, 0.6) is 5.75 Å². The molecule has 37 heavy (non-hydrogen) atoms. The first kappa shape index (κ1) is 25.3. The number of cyclic esters (lactones) is 1. The summed E-state index contributed by atoms with van der Waals surface area (Å²) >= 11 is 0. The number of carbonyl (C=O) groups is 2. The molecule has 196 valence electrons. The lowest BCUT2D eigenvalue weighted by atomic mass is 9.73. The molecule has 1 aliphatic heterocycles. The van der Waals surface area contributed by atoms with Crippen molar-refractivity contribution in [2.45, 2.75) is 77.7 Å². The van der Waals surface area contributed by atoms with Crippen LogP contribution in [0.1, 0.15) is 68.2 Å². The zero-order chi connectivity index (χ0) is 26.2. The van der Waals surface area contributed by atoms with Crippen molar-refractivity contribution in [3.63, 3.8) is 0 Å². The van der Waals surface area contributed by atoms with Gasteiger partial charge in [0.15, 0.2) is 23.2 Å². The summed E-state index contributed by atoms with van der Waals surface area (Å²) in [5.41, 5.74) is 1.63. The predicted molar refractivity (Wildman–Crippen MR) is 134 cm³/mol. The number of aryl methyl sites for hydroxylation is 3. The lowest BCUT2D eigenvalue weighted by Crippen LogP contribution is -2.52. The molecule has 2 aliphatic rings. The summed E-state index contributed by atoms with van der Waals surface area (Å²) in [5.74, 6) is -0.803. The van der Waals surface area contributed by atoms with Gasteiger partial charge in [-0.15, -0.1) is 5.10 Å². The minimum Gasteiger partial charge on any atom is -0.491 e. The van der Waals surface area contributed by atoms with E-state index in [-0.39, 0.29) is 30.3 Å². The summed E-state index contributed by atoms with van der Waals surface area (Å²) in [4.78, 5) is 35.6. The van der Waals surface area contributed by atoms with Gasteiger partial charge in [0, 0.05) is 24.2 Å². The Bertz CT molecular complexity index is 1310. The van der Waals surface area contributed by atoms with Crippen LogP contribution in [0.2, 0.25) is 0 Å². The zero-order valence-electron chi connectivity index (χ0n) is 21.6. The highest BCUT2D eigenvalue weighted by molar-refractivity contribution is 6.01. The van der Waals surface area contributed by atoms with Crippen molar-refractivity contribution in [1.82, 2.24) is 19.6 Å². The molecule has 8 nitrogen and oxygen atoms in total. The van der Waals surface area contributed by atoms with Gasteiger partial charge in [-0.25, -0.2) is 13.9 Å². The van der Waals surface area contributed by atoms with E-state index in [1.54, 1.807) is 10.6 Å². The average molecular weight is 509 g/mol. The molecule has 2 unspecified atom stereocenters. The van der Waals surface area contributed by atoms with Crippen LogP contribution < -0.4 is 4.74 Å². The molecule has 1 saturated heterocycles. The first-order valence-electron chi connectivity index (χ1n) is 13.1. The number of esters is 1. The van der Waals surface area contributed by atoms with Crippen LogP contribution in [0.25, 0.3) is 5.78 Å². The number of benzene rings is 1. The molecule has 0 bridgehead atoms. The Morgan fingerprint density at radius 3 is 2.65 bits per heavy atom. The van der Waals surface area contributed by atoms with Crippen LogP contribution in [0.4, 0.5) is 4.39 Å². The summed E-state index contributed by atoms with van der Waals surface area (Å²) < 4.78 is 27.5. The first-order chi connectivity index (χ1) is 17.8. The minimum absolute atomic E-state index is 0.0877. The Hall–Kier alpha value is -3.36. The summed E-state index contributed by atoms with van der Waals surface area (Å²) in [7, 11) is 0. The quantitative estimate of drug-likeness (QED) is 0.326. The maximum atomic E-state index is 14.4. The van der Waals surface area contributed by atoms with E-state index in [1.807, 2.05) is 32.9 Å². The summed E-state index contributed by atoms with van der Waals surface area (Å²) in [5, 5.41) is 4.47. The molecule has 2 aromatic heterocycles. The van der Waals surface area contributed by atoms with Crippen molar-refractivity contribution in [2.24, 2.45) is 11.8 Å². The molecule has 3 aromatic rings. The van der Waals surface area contributed by atoms with Gasteiger partial charge in [0.25, 0.3) is 5.78 Å². The highest BCUT2D eigenvalue weighted by Gasteiger charge is 2.51. The fraction of sp³-hybridized carbons (Fsp3) is 0.536. The van der Waals surface area contributed by atoms with Crippen LogP contribution >= 0.6 is 0 Å². The van der Waals surface area contributed by atoms with Crippen LogP contribution in [0, 0.1) is 31.5 Å². The van der Waals surface area contributed by atoms with Crippen LogP contribution in [-0.2, 0) is 27.2 Å². The largest absolute Gasteiger partial charge is 0.491 e. The first-order valence-corrected chi connectivity index (χ1v) is 13.1. The fourth-order valence-corrected chi connectivity index (χ4v) is 5.88. The topological polar surface area (TPSA) is 95.7 Å². The number of nitrogens with zero attached hydrogens (tertiary/aromatic N) is 4. The molecule has 0 amide bonds. The molecule has 5 rings (SSSR count). The number of hydrogen-bond donors (Lipinski definition) is 0. The minimum atomic E-state index is -0.934. The van der Waals surface area contributed by atoms with Gasteiger partial charge >= 0.3 is 5.97 Å². The van der Waals surface area contributed by atoms with Gasteiger partial charge in [0.2, 0.25) is 0 Å². The van der Waals surface area contributed by atoms with E-state index in [0.717, 1.165) is 42.6 Å². The number of Topliss-reactive ketones (excluding diaryl/α,β-unsaturated/α-hetero) is 1. The van der Waals surface area contributed by atoms with Crippen molar-refractivity contribution in [1.29, 1.82) is 0 Å². The number of rotatable bonds is 8. The highest BCUT2D eigenvalue weighted by Crippen LogP contribution is 2.45. The highest BCUT2D eigenvalue weighted by atomic mass is 19.1. The van der Waals surface area contributed by atoms with Crippen molar-refractivity contribution in [3.8, 4) is 5.75 Å². The number of fused-ring (bicyclic) bond motifs is 1. The number of hydrogen-bond acceptors (Lipinski definition) is 7. The number of carbonyl (C=O) groups excluding carboxylic acids is 2. The van der Waals surface area contributed by atoms with E-state index >= 15 is 0 Å². The van der Waals surface area contributed by atoms with Gasteiger partial charge in [-0.2, -0.15) is 4.98 Å². The van der Waals surface area contributed by atoms with Crippen LogP contribution in [-0.4, -0.2) is 43.5 Å². The van der Waals surface area contributed by atoms with Gasteiger partial charge < -0.3 is 9.47 Å². The molecule has 0 radical (unpaired) electrons. The number of halogens is 1. The standard InChI is InChI=1S/C28H33FN4O4/c1-4-36-24-10-9-19(14-22(24)29)11-12-28(20-7-5-6-8-20)16-23(34)21(26(35)37-28)15-25-31-27-30-17(2)13-18(3)33(27)32-25/h9-10,13-14,20-21H,4-8,11-12,15-16H2,1-3H3. The smallest absolute Gasteiger partial charge is 0.317 e. The summed E-state index contributed by atoms with van der Waals surface area (Å²) in [6.45, 7) is 5.99. The molecule has 1 aromatic carbocycles. The third kappa shape index (κ3) is 5.08. The van der Waals surface area contributed by atoms with E-state index in [4.69, 9.17) is 9.47 Å². The summed E-state index contributed by atoms with van der Waals surface area (Å²) in [6.07, 6.45) is 5.17. The average Bonchev–Trinajstić information content (AvgIpc) is 3.53. The maximum absolute atomic E-state index is 14.4. The zero-order valence-corrected chi connectivity index (χ0v) is 21.6. The van der Waals surface area contributed by atoms with E-state index in [9.17, 15) is 14.0 Å². The van der Waals surface area contributed by atoms with Gasteiger partial charge in [-0.3, -0.25) is 9.59 Å². The van der Waals surface area contributed by atoms with Crippen LogP contribution in [0.15, 0.2) is 24.3 Å². The molecular weight excluding hydrogens is 475 g/mol. The lowest BCUT2D eigenvalue weighted by molar-refractivity contribution is -0.185. The molecular formula is C28H33FN4O4. The molecule has 1 saturated carbocycles. The van der Waals surface area contributed by atoms with Gasteiger partial charge in [-0.05, 0) is 76.1 Å². The Kier molecular flexibility index (Phi) is 6.96. The van der Waals surface area contributed by atoms with Gasteiger partial charge in [0.1, 0.15) is 11.5 Å². The van der Waals surface area contributed by atoms with E-state index < -0.39 is 23.3 Å². The van der Waals surface area contributed by atoms with E-state index in [1.165, 1.54) is 6.07 Å². The van der Waals surface area contributed by atoms with Crippen molar-refractivity contribution in [2.75, 3.05) is 6.61 Å². The summed E-state index contributed by atoms with van der Waals surface area (Å²) in [6, 6.07) is 6.83. The second kappa shape index (κ2) is 10.2.